The quantitative estimate of drug-likeness (QED) is 0.696. The molecule has 28 heavy (non-hydrogen) atoms. The van der Waals surface area contributed by atoms with Crippen molar-refractivity contribution < 1.29 is 9.90 Å². The van der Waals surface area contributed by atoms with Crippen molar-refractivity contribution in [1.82, 2.24) is 19.4 Å². The molecule has 9 heteroatoms. The first kappa shape index (κ1) is 18.5. The van der Waals surface area contributed by atoms with Gasteiger partial charge in [-0.15, -0.1) is 0 Å². The van der Waals surface area contributed by atoms with Crippen LogP contribution in [0.5, 0.6) is 5.88 Å². The smallest absolute Gasteiger partial charge is 0.310 e. The van der Waals surface area contributed by atoms with Crippen LogP contribution in [0.4, 0.5) is 5.69 Å². The van der Waals surface area contributed by atoms with Crippen LogP contribution in [0.15, 0.2) is 34.7 Å². The van der Waals surface area contributed by atoms with E-state index in [0.717, 1.165) is 39.0 Å². The van der Waals surface area contributed by atoms with Crippen LogP contribution in [0.3, 0.4) is 0 Å². The number of aromatic nitrogens is 3. The molecule has 4 rings (SSSR count). The molecule has 1 aliphatic heterocycles. The maximum atomic E-state index is 12.8. The van der Waals surface area contributed by atoms with Gasteiger partial charge in [-0.25, -0.2) is 4.98 Å². The first-order valence-corrected chi connectivity index (χ1v) is 10.1. The Morgan fingerprint density at radius 2 is 2.29 bits per heavy atom. The van der Waals surface area contributed by atoms with E-state index >= 15 is 0 Å². The number of pyridine rings is 1. The zero-order valence-corrected chi connectivity index (χ0v) is 16.6. The lowest BCUT2D eigenvalue weighted by Gasteiger charge is -2.42. The van der Waals surface area contributed by atoms with Gasteiger partial charge in [0.25, 0.3) is 0 Å². The molecule has 1 aliphatic rings. The van der Waals surface area contributed by atoms with Crippen molar-refractivity contribution in [2.24, 2.45) is 5.92 Å². The molecule has 0 aromatic carbocycles. The highest BCUT2D eigenvalue weighted by atomic mass is 32.1. The van der Waals surface area contributed by atoms with E-state index in [1.165, 1.54) is 5.38 Å². The lowest BCUT2D eigenvalue weighted by molar-refractivity contribution is -0.133. The fourth-order valence-electron chi connectivity index (χ4n) is 3.92. The third-order valence-corrected chi connectivity index (χ3v) is 6.39. The third-order valence-electron chi connectivity index (χ3n) is 5.64. The van der Waals surface area contributed by atoms with E-state index < -0.39 is 0 Å². The molecule has 2 atom stereocenters. The molecule has 0 radical (unpaired) electrons. The Balaban J connectivity index is 1.54. The van der Waals surface area contributed by atoms with Gasteiger partial charge in [0.1, 0.15) is 12.2 Å². The molecule has 1 amide bonds. The first-order chi connectivity index (χ1) is 13.5. The van der Waals surface area contributed by atoms with Crippen molar-refractivity contribution in [3.8, 4) is 5.88 Å². The summed E-state index contributed by atoms with van der Waals surface area (Å²) in [5.41, 5.74) is 1.91. The SMILES string of the molecule is C[C@@H]1CCN(C(=O)Cn2c(O)csc2=O)C[C@@H]1N(C)c1ccnc2[nH]ccc12. The van der Waals surface area contributed by atoms with Crippen molar-refractivity contribution in [3.63, 3.8) is 0 Å². The van der Waals surface area contributed by atoms with Gasteiger partial charge in [0.2, 0.25) is 11.8 Å². The molecule has 0 aliphatic carbocycles. The summed E-state index contributed by atoms with van der Waals surface area (Å²) >= 11 is 0.894. The monoisotopic (exact) mass is 401 g/mol. The second kappa shape index (κ2) is 7.31. The van der Waals surface area contributed by atoms with E-state index in [1.807, 2.05) is 25.4 Å². The van der Waals surface area contributed by atoms with Gasteiger partial charge in [-0.2, -0.15) is 0 Å². The Hall–Kier alpha value is -2.81. The van der Waals surface area contributed by atoms with E-state index in [4.69, 9.17) is 0 Å². The number of carbonyl (C=O) groups excluding carboxylic acids is 1. The average molecular weight is 401 g/mol. The number of aromatic amines is 1. The summed E-state index contributed by atoms with van der Waals surface area (Å²) in [6.07, 6.45) is 4.54. The number of amides is 1. The van der Waals surface area contributed by atoms with Gasteiger partial charge < -0.3 is 19.9 Å². The number of anilines is 1. The number of rotatable bonds is 4. The maximum Gasteiger partial charge on any atom is 0.310 e. The number of nitrogens with one attached hydrogen (secondary N) is 1. The van der Waals surface area contributed by atoms with E-state index in [1.54, 1.807) is 11.1 Å². The molecule has 0 saturated carbocycles. The van der Waals surface area contributed by atoms with Crippen LogP contribution in [0, 0.1) is 5.92 Å². The van der Waals surface area contributed by atoms with Crippen LogP contribution in [-0.4, -0.2) is 56.6 Å². The normalized spacial score (nSPS) is 19.9. The first-order valence-electron chi connectivity index (χ1n) is 9.25. The summed E-state index contributed by atoms with van der Waals surface area (Å²) in [4.78, 5) is 35.7. The summed E-state index contributed by atoms with van der Waals surface area (Å²) < 4.78 is 1.12. The molecule has 0 spiro atoms. The number of hydrogen-bond donors (Lipinski definition) is 2. The van der Waals surface area contributed by atoms with Gasteiger partial charge in [0.05, 0.1) is 5.38 Å². The average Bonchev–Trinajstić information content (AvgIpc) is 3.29. The molecular weight excluding hydrogens is 378 g/mol. The minimum Gasteiger partial charge on any atom is -0.494 e. The van der Waals surface area contributed by atoms with Crippen LogP contribution in [0.1, 0.15) is 13.3 Å². The molecule has 8 nitrogen and oxygen atoms in total. The van der Waals surface area contributed by atoms with Gasteiger partial charge in [0, 0.05) is 49.6 Å². The molecular formula is C19H23N5O3S. The van der Waals surface area contributed by atoms with Crippen molar-refractivity contribution in [2.75, 3.05) is 25.0 Å². The standard InChI is InChI=1S/C19H23N5O3S/c1-12-5-8-23(16(25)10-24-17(26)11-28-19(24)27)9-15(12)22(2)14-4-7-21-18-13(14)3-6-20-18/h3-4,6-7,11-12,15,26H,5,8-10H2,1-2H3,(H,20,21)/t12-,15+/m1/s1. The summed E-state index contributed by atoms with van der Waals surface area (Å²) in [6.45, 7) is 3.30. The number of likely N-dealkylation sites (tertiary alicyclic amines) is 1. The van der Waals surface area contributed by atoms with Crippen LogP contribution in [0.2, 0.25) is 0 Å². The molecule has 1 fully saturated rings. The number of carbonyl (C=O) groups is 1. The number of fused-ring (bicyclic) bond motifs is 1. The number of nitrogens with zero attached hydrogens (tertiary/aromatic N) is 4. The predicted octanol–water partition coefficient (Wildman–Crippen LogP) is 1.87. The van der Waals surface area contributed by atoms with E-state index in [2.05, 4.69) is 21.8 Å². The zero-order chi connectivity index (χ0) is 19.8. The lowest BCUT2D eigenvalue weighted by Crippen LogP contribution is -2.53. The zero-order valence-electron chi connectivity index (χ0n) is 15.8. The Morgan fingerprint density at radius 1 is 1.46 bits per heavy atom. The molecule has 3 aromatic rings. The van der Waals surface area contributed by atoms with Crippen LogP contribution >= 0.6 is 11.3 Å². The van der Waals surface area contributed by atoms with E-state index in [0.29, 0.717) is 19.0 Å². The van der Waals surface area contributed by atoms with Gasteiger partial charge in [-0.3, -0.25) is 14.2 Å². The van der Waals surface area contributed by atoms with Crippen LogP contribution in [-0.2, 0) is 11.3 Å². The fraction of sp³-hybridized carbons (Fsp3) is 0.421. The predicted molar refractivity (Wildman–Crippen MR) is 109 cm³/mol. The van der Waals surface area contributed by atoms with Crippen molar-refractivity contribution >= 4 is 34.0 Å². The van der Waals surface area contributed by atoms with Crippen LogP contribution < -0.4 is 9.77 Å². The molecule has 148 valence electrons. The highest BCUT2D eigenvalue weighted by Gasteiger charge is 2.32. The highest BCUT2D eigenvalue weighted by Crippen LogP contribution is 2.30. The van der Waals surface area contributed by atoms with Crippen molar-refractivity contribution in [2.45, 2.75) is 25.9 Å². The molecule has 0 bridgehead atoms. The highest BCUT2D eigenvalue weighted by molar-refractivity contribution is 7.07. The van der Waals surface area contributed by atoms with Gasteiger partial charge in [-0.1, -0.05) is 18.3 Å². The number of piperidine rings is 1. The van der Waals surface area contributed by atoms with Crippen molar-refractivity contribution in [3.05, 3.63) is 39.6 Å². The summed E-state index contributed by atoms with van der Waals surface area (Å²) in [5.74, 6) is 0.102. The molecule has 3 aromatic heterocycles. The second-order valence-corrected chi connectivity index (χ2v) is 8.12. The number of hydrogen-bond acceptors (Lipinski definition) is 6. The summed E-state index contributed by atoms with van der Waals surface area (Å²) in [7, 11) is 2.05. The topological polar surface area (TPSA) is 94.5 Å². The minimum absolute atomic E-state index is 0.129. The van der Waals surface area contributed by atoms with E-state index in [9.17, 15) is 14.7 Å². The Labute approximate surface area is 166 Å². The minimum atomic E-state index is -0.323. The molecule has 4 heterocycles. The van der Waals surface area contributed by atoms with Gasteiger partial charge in [0.15, 0.2) is 0 Å². The van der Waals surface area contributed by atoms with Crippen molar-refractivity contribution in [1.29, 1.82) is 0 Å². The summed E-state index contributed by atoms with van der Waals surface area (Å²) in [6, 6.07) is 4.15. The summed E-state index contributed by atoms with van der Waals surface area (Å²) in [5, 5.41) is 12.2. The molecule has 1 saturated heterocycles. The fourth-order valence-corrected chi connectivity index (χ4v) is 4.54. The number of thiazole rings is 1. The van der Waals surface area contributed by atoms with Gasteiger partial charge in [-0.05, 0) is 24.5 Å². The Kier molecular flexibility index (Phi) is 4.84. The number of H-pyrrole nitrogens is 1. The lowest BCUT2D eigenvalue weighted by atomic mass is 9.91. The number of aromatic hydroxyl groups is 1. The molecule has 2 N–H and O–H groups in total. The number of likely N-dealkylation sites (N-methyl/N-ethyl adjacent to an activating group) is 1. The third kappa shape index (κ3) is 3.26. The maximum absolute atomic E-state index is 12.8. The largest absolute Gasteiger partial charge is 0.494 e. The van der Waals surface area contributed by atoms with E-state index in [-0.39, 0.29) is 29.2 Å². The Morgan fingerprint density at radius 3 is 3.04 bits per heavy atom. The molecule has 0 unspecified atom stereocenters. The van der Waals surface area contributed by atoms with Crippen LogP contribution in [0.25, 0.3) is 11.0 Å². The van der Waals surface area contributed by atoms with Gasteiger partial charge >= 0.3 is 4.87 Å². The second-order valence-electron chi connectivity index (χ2n) is 7.30. The Bertz CT molecular complexity index is 1060.